The van der Waals surface area contributed by atoms with Gasteiger partial charge in [0.25, 0.3) is 0 Å². The molecule has 0 aliphatic carbocycles. The van der Waals surface area contributed by atoms with Gasteiger partial charge in [-0.1, -0.05) is 6.92 Å². The summed E-state index contributed by atoms with van der Waals surface area (Å²) in [5.74, 6) is -1.16. The van der Waals surface area contributed by atoms with Crippen molar-refractivity contribution >= 4 is 17.5 Å². The summed E-state index contributed by atoms with van der Waals surface area (Å²) in [4.78, 5) is 23.4. The number of aromatic nitrogens is 2. The topological polar surface area (TPSA) is 102 Å². The Kier molecular flexibility index (Phi) is 5.06. The molecule has 0 aliphatic heterocycles. The Bertz CT molecular complexity index is 512. The molecule has 112 valence electrons. The number of carboxylic acid groups (broad SMARTS) is 1. The Morgan fingerprint density at radius 2 is 2.15 bits per heavy atom. The highest BCUT2D eigenvalue weighted by atomic mass is 16.6. The second-order valence-corrected chi connectivity index (χ2v) is 4.61. The highest BCUT2D eigenvalue weighted by Gasteiger charge is 2.30. The Balaban J connectivity index is 3.26. The van der Waals surface area contributed by atoms with Crippen LogP contribution in [0.2, 0.25) is 0 Å². The van der Waals surface area contributed by atoms with Crippen molar-refractivity contribution in [1.29, 1.82) is 0 Å². The Labute approximate surface area is 117 Å². The van der Waals surface area contributed by atoms with Crippen LogP contribution in [0.5, 0.6) is 0 Å². The molecular weight excluding hydrogens is 264 g/mol. The molecule has 1 aromatic rings. The van der Waals surface area contributed by atoms with Crippen molar-refractivity contribution in [2.24, 2.45) is 5.92 Å². The number of carbonyl (C=O) groups is 1. The lowest BCUT2D eigenvalue weighted by molar-refractivity contribution is -0.384. The fourth-order valence-electron chi connectivity index (χ4n) is 2.08. The molecule has 0 spiro atoms. The van der Waals surface area contributed by atoms with Gasteiger partial charge in [-0.3, -0.25) is 14.9 Å². The molecule has 0 aliphatic rings. The fourth-order valence-corrected chi connectivity index (χ4v) is 2.08. The van der Waals surface area contributed by atoms with E-state index in [-0.39, 0.29) is 12.2 Å². The molecule has 0 amide bonds. The summed E-state index contributed by atoms with van der Waals surface area (Å²) in [6.07, 6.45) is 0. The van der Waals surface area contributed by atoms with Gasteiger partial charge < -0.3 is 10.0 Å². The normalized spacial score (nSPS) is 12.2. The first-order valence-corrected chi connectivity index (χ1v) is 6.52. The van der Waals surface area contributed by atoms with Crippen molar-refractivity contribution in [3.8, 4) is 0 Å². The van der Waals surface area contributed by atoms with Crippen LogP contribution >= 0.6 is 0 Å². The average Bonchev–Trinajstić information content (AvgIpc) is 2.72. The second-order valence-electron chi connectivity index (χ2n) is 4.61. The summed E-state index contributed by atoms with van der Waals surface area (Å²) >= 11 is 0. The van der Waals surface area contributed by atoms with E-state index in [9.17, 15) is 14.9 Å². The first-order chi connectivity index (χ1) is 9.33. The lowest BCUT2D eigenvalue weighted by Gasteiger charge is -2.24. The maximum absolute atomic E-state index is 11.2. The fraction of sp³-hybridized carbons (Fsp3) is 0.667. The number of nitro groups is 1. The molecule has 1 rings (SSSR count). The second kappa shape index (κ2) is 6.36. The zero-order valence-corrected chi connectivity index (χ0v) is 12.2. The highest BCUT2D eigenvalue weighted by molar-refractivity contribution is 5.71. The van der Waals surface area contributed by atoms with Crippen molar-refractivity contribution in [1.82, 2.24) is 9.78 Å². The standard InChI is InChI=1S/C12H20N4O4/c1-5-14(7-8(3)12(17)18)11-10(16(19)20)9(4)13-15(11)6-2/h8H,5-7H2,1-4H3,(H,17,18). The number of hydrogen-bond acceptors (Lipinski definition) is 5. The van der Waals surface area contributed by atoms with Crippen molar-refractivity contribution < 1.29 is 14.8 Å². The predicted molar refractivity (Wildman–Crippen MR) is 74.0 cm³/mol. The van der Waals surface area contributed by atoms with E-state index in [4.69, 9.17) is 5.11 Å². The van der Waals surface area contributed by atoms with Gasteiger partial charge in [0.1, 0.15) is 5.69 Å². The molecule has 1 heterocycles. The van der Waals surface area contributed by atoms with Crippen LogP contribution in [0.1, 0.15) is 26.5 Å². The van der Waals surface area contributed by atoms with E-state index < -0.39 is 16.8 Å². The van der Waals surface area contributed by atoms with Crippen LogP contribution in [-0.2, 0) is 11.3 Å². The Morgan fingerprint density at radius 3 is 2.55 bits per heavy atom. The highest BCUT2D eigenvalue weighted by Crippen LogP contribution is 2.32. The van der Waals surface area contributed by atoms with Gasteiger partial charge in [0, 0.05) is 19.6 Å². The van der Waals surface area contributed by atoms with Crippen LogP contribution in [0.4, 0.5) is 11.5 Å². The molecule has 1 atom stereocenters. The maximum Gasteiger partial charge on any atom is 0.333 e. The lowest BCUT2D eigenvalue weighted by atomic mass is 10.1. The quantitative estimate of drug-likeness (QED) is 0.603. The van der Waals surface area contributed by atoms with E-state index in [1.54, 1.807) is 23.4 Å². The van der Waals surface area contributed by atoms with Crippen molar-refractivity contribution in [2.75, 3.05) is 18.0 Å². The van der Waals surface area contributed by atoms with Crippen LogP contribution in [0.15, 0.2) is 0 Å². The summed E-state index contributed by atoms with van der Waals surface area (Å²) in [5.41, 5.74) is 0.291. The van der Waals surface area contributed by atoms with Gasteiger partial charge in [0.15, 0.2) is 0 Å². The molecule has 0 aromatic carbocycles. The van der Waals surface area contributed by atoms with Gasteiger partial charge in [0.2, 0.25) is 5.82 Å². The zero-order valence-electron chi connectivity index (χ0n) is 12.2. The summed E-state index contributed by atoms with van der Waals surface area (Å²) in [7, 11) is 0. The SMILES string of the molecule is CCN(CC(C)C(=O)O)c1c([N+](=O)[O-])c(C)nn1CC. The van der Waals surface area contributed by atoms with Crippen molar-refractivity contribution in [3.63, 3.8) is 0 Å². The van der Waals surface area contributed by atoms with E-state index in [0.29, 0.717) is 24.6 Å². The molecular formula is C12H20N4O4. The molecule has 0 radical (unpaired) electrons. The number of aliphatic carboxylic acids is 1. The third-order valence-corrected chi connectivity index (χ3v) is 3.15. The molecule has 0 bridgehead atoms. The Morgan fingerprint density at radius 1 is 1.55 bits per heavy atom. The van der Waals surface area contributed by atoms with Crippen molar-refractivity contribution in [3.05, 3.63) is 15.8 Å². The van der Waals surface area contributed by atoms with Crippen molar-refractivity contribution in [2.45, 2.75) is 34.2 Å². The number of anilines is 1. The molecule has 0 saturated carbocycles. The minimum atomic E-state index is -0.926. The number of rotatable bonds is 7. The minimum Gasteiger partial charge on any atom is -0.481 e. The van der Waals surface area contributed by atoms with Gasteiger partial charge in [-0.2, -0.15) is 5.10 Å². The number of aryl methyl sites for hydroxylation is 2. The van der Waals surface area contributed by atoms with E-state index >= 15 is 0 Å². The smallest absolute Gasteiger partial charge is 0.333 e. The van der Waals surface area contributed by atoms with Gasteiger partial charge in [-0.25, -0.2) is 4.68 Å². The first kappa shape index (κ1) is 15.9. The Hall–Kier alpha value is -2.12. The molecule has 1 N–H and O–H groups in total. The molecule has 0 saturated heterocycles. The molecule has 8 heteroatoms. The summed E-state index contributed by atoms with van der Waals surface area (Å²) in [5, 5.41) is 24.4. The van der Waals surface area contributed by atoms with Gasteiger partial charge in [-0.05, 0) is 20.8 Å². The maximum atomic E-state index is 11.2. The summed E-state index contributed by atoms with van der Waals surface area (Å²) in [6, 6.07) is 0. The molecule has 1 aromatic heterocycles. The number of hydrogen-bond donors (Lipinski definition) is 1. The predicted octanol–water partition coefficient (Wildman–Crippen LogP) is 1.67. The molecule has 0 fully saturated rings. The van der Waals surface area contributed by atoms with Crippen LogP contribution < -0.4 is 4.90 Å². The van der Waals surface area contributed by atoms with Gasteiger partial charge in [0.05, 0.1) is 10.8 Å². The van der Waals surface area contributed by atoms with Gasteiger partial charge >= 0.3 is 11.7 Å². The monoisotopic (exact) mass is 284 g/mol. The summed E-state index contributed by atoms with van der Waals surface area (Å²) in [6.45, 7) is 8.01. The number of carboxylic acids is 1. The third kappa shape index (κ3) is 3.06. The van der Waals surface area contributed by atoms with Crippen LogP contribution in [-0.4, -0.2) is 38.9 Å². The third-order valence-electron chi connectivity index (χ3n) is 3.15. The van der Waals surface area contributed by atoms with Crippen LogP contribution in [0, 0.1) is 23.0 Å². The van der Waals surface area contributed by atoms with E-state index in [0.717, 1.165) is 0 Å². The molecule has 20 heavy (non-hydrogen) atoms. The summed E-state index contributed by atoms with van der Waals surface area (Å²) < 4.78 is 1.55. The van der Waals surface area contributed by atoms with E-state index in [1.165, 1.54) is 0 Å². The van der Waals surface area contributed by atoms with E-state index in [2.05, 4.69) is 5.10 Å². The largest absolute Gasteiger partial charge is 0.481 e. The molecule has 8 nitrogen and oxygen atoms in total. The zero-order chi connectivity index (χ0) is 15.4. The number of nitrogens with zero attached hydrogens (tertiary/aromatic N) is 4. The molecule has 1 unspecified atom stereocenters. The minimum absolute atomic E-state index is 0.0497. The van der Waals surface area contributed by atoms with Crippen LogP contribution in [0.25, 0.3) is 0 Å². The average molecular weight is 284 g/mol. The van der Waals surface area contributed by atoms with E-state index in [1.807, 2.05) is 13.8 Å². The lowest BCUT2D eigenvalue weighted by Crippen LogP contribution is -2.33. The van der Waals surface area contributed by atoms with Crippen LogP contribution in [0.3, 0.4) is 0 Å². The van der Waals surface area contributed by atoms with Gasteiger partial charge in [-0.15, -0.1) is 0 Å². The first-order valence-electron chi connectivity index (χ1n) is 6.52.